The fraction of sp³-hybridized carbons (Fsp3) is 0.143. The van der Waals surface area contributed by atoms with Crippen LogP contribution in [0, 0.1) is 12.7 Å². The topological polar surface area (TPSA) is 54.0 Å². The number of carbonyl (C=O) groups is 1. The van der Waals surface area contributed by atoms with Crippen molar-refractivity contribution in [1.29, 1.82) is 0 Å². The van der Waals surface area contributed by atoms with Gasteiger partial charge in [-0.05, 0) is 30.7 Å². The molecule has 2 aromatic rings. The SMILES string of the molecule is CNc1ncc(C(=O)Nc2cc(C)ccc2F)cc1Cl. The molecule has 0 fully saturated rings. The zero-order valence-corrected chi connectivity index (χ0v) is 11.8. The first-order valence-corrected chi connectivity index (χ1v) is 6.30. The predicted octanol–water partition coefficient (Wildman–Crippen LogP) is 3.48. The average Bonchev–Trinajstić information content (AvgIpc) is 2.42. The molecule has 6 heteroatoms. The summed E-state index contributed by atoms with van der Waals surface area (Å²) >= 11 is 5.95. The number of pyridine rings is 1. The Bertz CT molecular complexity index is 661. The van der Waals surface area contributed by atoms with Gasteiger partial charge in [0.25, 0.3) is 5.91 Å². The second-order valence-corrected chi connectivity index (χ2v) is 4.65. The van der Waals surface area contributed by atoms with E-state index in [0.717, 1.165) is 5.56 Å². The lowest BCUT2D eigenvalue weighted by Crippen LogP contribution is -2.13. The summed E-state index contributed by atoms with van der Waals surface area (Å²) < 4.78 is 13.6. The van der Waals surface area contributed by atoms with Crippen molar-refractivity contribution in [2.45, 2.75) is 6.92 Å². The van der Waals surface area contributed by atoms with Crippen LogP contribution < -0.4 is 10.6 Å². The highest BCUT2D eigenvalue weighted by Crippen LogP contribution is 2.21. The minimum absolute atomic E-state index is 0.129. The van der Waals surface area contributed by atoms with Crippen molar-refractivity contribution in [3.05, 3.63) is 52.4 Å². The Hall–Kier alpha value is -2.14. The second-order valence-electron chi connectivity index (χ2n) is 4.24. The number of nitrogens with zero attached hydrogens (tertiary/aromatic N) is 1. The van der Waals surface area contributed by atoms with E-state index < -0.39 is 11.7 Å². The Morgan fingerprint density at radius 1 is 1.35 bits per heavy atom. The number of amides is 1. The van der Waals surface area contributed by atoms with E-state index in [1.54, 1.807) is 19.2 Å². The van der Waals surface area contributed by atoms with Gasteiger partial charge in [0.15, 0.2) is 0 Å². The first-order valence-electron chi connectivity index (χ1n) is 5.92. The molecule has 1 aromatic heterocycles. The Labute approximate surface area is 121 Å². The van der Waals surface area contributed by atoms with Gasteiger partial charge in [0.2, 0.25) is 0 Å². The lowest BCUT2D eigenvalue weighted by molar-refractivity contribution is 0.102. The molecule has 1 heterocycles. The van der Waals surface area contributed by atoms with Gasteiger partial charge in [-0.1, -0.05) is 17.7 Å². The predicted molar refractivity (Wildman–Crippen MR) is 77.9 cm³/mol. The van der Waals surface area contributed by atoms with E-state index >= 15 is 0 Å². The maximum absolute atomic E-state index is 13.6. The van der Waals surface area contributed by atoms with Crippen LogP contribution in [0.15, 0.2) is 30.5 Å². The minimum atomic E-state index is -0.491. The number of nitrogens with one attached hydrogen (secondary N) is 2. The van der Waals surface area contributed by atoms with Crippen LogP contribution in [0.5, 0.6) is 0 Å². The van der Waals surface area contributed by atoms with Gasteiger partial charge in [-0.15, -0.1) is 0 Å². The van der Waals surface area contributed by atoms with Crippen LogP contribution in [0.4, 0.5) is 15.9 Å². The molecular weight excluding hydrogens is 281 g/mol. The van der Waals surface area contributed by atoms with Crippen molar-refractivity contribution in [2.75, 3.05) is 17.7 Å². The number of benzene rings is 1. The van der Waals surface area contributed by atoms with E-state index in [2.05, 4.69) is 15.6 Å². The highest BCUT2D eigenvalue weighted by Gasteiger charge is 2.12. The standard InChI is InChI=1S/C14H13ClFN3O/c1-8-3-4-11(16)12(5-8)19-14(20)9-6-10(15)13(17-2)18-7-9/h3-7H,1-2H3,(H,17,18)(H,19,20). The molecule has 2 N–H and O–H groups in total. The van der Waals surface area contributed by atoms with Crippen molar-refractivity contribution in [3.63, 3.8) is 0 Å². The fourth-order valence-electron chi connectivity index (χ4n) is 1.68. The van der Waals surface area contributed by atoms with Gasteiger partial charge >= 0.3 is 0 Å². The van der Waals surface area contributed by atoms with Gasteiger partial charge in [0.05, 0.1) is 16.3 Å². The largest absolute Gasteiger partial charge is 0.372 e. The minimum Gasteiger partial charge on any atom is -0.372 e. The van der Waals surface area contributed by atoms with Crippen LogP contribution in [-0.4, -0.2) is 17.9 Å². The number of aryl methyl sites for hydroxylation is 1. The van der Waals surface area contributed by atoms with Crippen LogP contribution in [0.1, 0.15) is 15.9 Å². The summed E-state index contributed by atoms with van der Waals surface area (Å²) in [6.07, 6.45) is 1.38. The van der Waals surface area contributed by atoms with Crippen LogP contribution in [0.25, 0.3) is 0 Å². The molecule has 0 bridgehead atoms. The van der Waals surface area contributed by atoms with E-state index in [4.69, 9.17) is 11.6 Å². The molecular formula is C14H13ClFN3O. The molecule has 1 amide bonds. The highest BCUT2D eigenvalue weighted by molar-refractivity contribution is 6.33. The fourth-order valence-corrected chi connectivity index (χ4v) is 1.94. The van der Waals surface area contributed by atoms with Gasteiger partial charge in [-0.3, -0.25) is 4.79 Å². The normalized spacial score (nSPS) is 10.2. The number of hydrogen-bond acceptors (Lipinski definition) is 3. The molecule has 0 spiro atoms. The molecule has 0 aliphatic heterocycles. The lowest BCUT2D eigenvalue weighted by atomic mass is 10.2. The molecule has 0 atom stereocenters. The van der Waals surface area contributed by atoms with Gasteiger partial charge in [-0.2, -0.15) is 0 Å². The molecule has 0 saturated heterocycles. The van der Waals surface area contributed by atoms with Crippen molar-refractivity contribution in [3.8, 4) is 0 Å². The van der Waals surface area contributed by atoms with E-state index in [1.165, 1.54) is 18.3 Å². The van der Waals surface area contributed by atoms with E-state index in [1.807, 2.05) is 6.92 Å². The first-order chi connectivity index (χ1) is 9.51. The van der Waals surface area contributed by atoms with Crippen LogP contribution in [0.3, 0.4) is 0 Å². The van der Waals surface area contributed by atoms with E-state index in [0.29, 0.717) is 10.8 Å². The quantitative estimate of drug-likeness (QED) is 0.911. The van der Waals surface area contributed by atoms with Crippen LogP contribution in [-0.2, 0) is 0 Å². The molecule has 0 aliphatic rings. The molecule has 0 radical (unpaired) electrons. The third-order valence-corrected chi connectivity index (χ3v) is 3.00. The zero-order chi connectivity index (χ0) is 14.7. The summed E-state index contributed by atoms with van der Waals surface area (Å²) in [4.78, 5) is 16.0. The molecule has 0 aliphatic carbocycles. The summed E-state index contributed by atoms with van der Waals surface area (Å²) in [7, 11) is 1.68. The van der Waals surface area contributed by atoms with Crippen molar-refractivity contribution < 1.29 is 9.18 Å². The number of anilines is 2. The summed E-state index contributed by atoms with van der Waals surface area (Å²) in [5.74, 6) is -0.480. The second kappa shape index (κ2) is 5.88. The molecule has 2 rings (SSSR count). The van der Waals surface area contributed by atoms with Gasteiger partial charge in [-0.25, -0.2) is 9.37 Å². The van der Waals surface area contributed by atoms with Crippen molar-refractivity contribution in [1.82, 2.24) is 4.98 Å². The molecule has 104 valence electrons. The molecule has 0 unspecified atom stereocenters. The molecule has 0 saturated carbocycles. The number of rotatable bonds is 3. The summed E-state index contributed by atoms with van der Waals surface area (Å²) in [6.45, 7) is 1.81. The molecule has 1 aromatic carbocycles. The lowest BCUT2D eigenvalue weighted by Gasteiger charge is -2.08. The Morgan fingerprint density at radius 2 is 2.10 bits per heavy atom. The van der Waals surface area contributed by atoms with E-state index in [-0.39, 0.29) is 11.3 Å². The summed E-state index contributed by atoms with van der Waals surface area (Å²) in [6, 6.07) is 5.97. The number of hydrogen-bond donors (Lipinski definition) is 2. The van der Waals surface area contributed by atoms with Crippen LogP contribution in [0.2, 0.25) is 5.02 Å². The smallest absolute Gasteiger partial charge is 0.257 e. The third-order valence-electron chi connectivity index (χ3n) is 2.71. The Kier molecular flexibility index (Phi) is 4.20. The third kappa shape index (κ3) is 3.05. The molecule has 4 nitrogen and oxygen atoms in total. The Balaban J connectivity index is 2.24. The summed E-state index contributed by atoms with van der Waals surface area (Å²) in [5, 5.41) is 5.62. The van der Waals surface area contributed by atoms with E-state index in [9.17, 15) is 9.18 Å². The first kappa shape index (κ1) is 14.3. The van der Waals surface area contributed by atoms with Crippen molar-refractivity contribution >= 4 is 29.0 Å². The highest BCUT2D eigenvalue weighted by atomic mass is 35.5. The van der Waals surface area contributed by atoms with Gasteiger partial charge in [0, 0.05) is 13.2 Å². The zero-order valence-electron chi connectivity index (χ0n) is 11.0. The average molecular weight is 294 g/mol. The summed E-state index contributed by atoms with van der Waals surface area (Å²) in [5.41, 5.74) is 1.24. The maximum Gasteiger partial charge on any atom is 0.257 e. The molecule has 20 heavy (non-hydrogen) atoms. The van der Waals surface area contributed by atoms with Crippen LogP contribution >= 0.6 is 11.6 Å². The van der Waals surface area contributed by atoms with Gasteiger partial charge in [0.1, 0.15) is 11.6 Å². The Morgan fingerprint density at radius 3 is 2.75 bits per heavy atom. The monoisotopic (exact) mass is 293 g/mol. The van der Waals surface area contributed by atoms with Gasteiger partial charge < -0.3 is 10.6 Å². The number of carbonyl (C=O) groups excluding carboxylic acids is 1. The number of halogens is 2. The number of aromatic nitrogens is 1. The van der Waals surface area contributed by atoms with Crippen molar-refractivity contribution in [2.24, 2.45) is 0 Å². The maximum atomic E-state index is 13.6.